The molecule has 0 spiro atoms. The Balaban J connectivity index is 2.17. The van der Waals surface area contributed by atoms with Gasteiger partial charge in [-0.3, -0.25) is 0 Å². The van der Waals surface area contributed by atoms with Crippen LogP contribution >= 0.6 is 0 Å². The quantitative estimate of drug-likeness (QED) is 0.631. The zero-order valence-corrected chi connectivity index (χ0v) is 12.6. The minimum Gasteiger partial charge on any atom is -0.381 e. The Labute approximate surface area is 120 Å². The monoisotopic (exact) mass is 279 g/mol. The number of hydrazine groups is 1. The van der Waals surface area contributed by atoms with Crippen LogP contribution in [0.5, 0.6) is 0 Å². The van der Waals surface area contributed by atoms with Gasteiger partial charge in [0.2, 0.25) is 0 Å². The normalized spacial score (nSPS) is 19.1. The maximum atomic E-state index is 5.56. The summed E-state index contributed by atoms with van der Waals surface area (Å²) < 4.78 is 5.55. The van der Waals surface area contributed by atoms with E-state index in [0.29, 0.717) is 17.7 Å². The number of ether oxygens (including phenoxy) is 1. The first-order chi connectivity index (χ1) is 9.63. The van der Waals surface area contributed by atoms with Crippen LogP contribution in [0.15, 0.2) is 6.33 Å². The summed E-state index contributed by atoms with van der Waals surface area (Å²) >= 11 is 0. The van der Waals surface area contributed by atoms with Gasteiger partial charge in [0.05, 0.1) is 6.61 Å². The number of rotatable bonds is 5. The van der Waals surface area contributed by atoms with Crippen molar-refractivity contribution in [3.8, 4) is 0 Å². The number of nitrogens with one attached hydrogen (secondary N) is 1. The first kappa shape index (κ1) is 15.0. The molecule has 0 aliphatic carbocycles. The smallest absolute Gasteiger partial charge is 0.148 e. The fourth-order valence-electron chi connectivity index (χ4n) is 2.76. The highest BCUT2D eigenvalue weighted by molar-refractivity contribution is 5.59. The maximum Gasteiger partial charge on any atom is 0.148 e. The van der Waals surface area contributed by atoms with Crippen molar-refractivity contribution in [1.29, 1.82) is 0 Å². The van der Waals surface area contributed by atoms with E-state index in [1.165, 1.54) is 6.42 Å². The first-order valence-electron chi connectivity index (χ1n) is 7.23. The number of aromatic nitrogens is 2. The van der Waals surface area contributed by atoms with E-state index >= 15 is 0 Å². The van der Waals surface area contributed by atoms with Crippen LogP contribution in [0.1, 0.15) is 38.2 Å². The van der Waals surface area contributed by atoms with Crippen molar-refractivity contribution in [1.82, 2.24) is 9.97 Å². The van der Waals surface area contributed by atoms with E-state index in [-0.39, 0.29) is 0 Å². The molecule has 1 aliphatic rings. The SMILES string of the molecule is CC(C)c1c(NN)ncnc1N(C)CC1CCCOC1. The molecule has 0 amide bonds. The molecular weight excluding hydrogens is 254 g/mol. The Morgan fingerprint density at radius 1 is 1.50 bits per heavy atom. The van der Waals surface area contributed by atoms with Gasteiger partial charge >= 0.3 is 0 Å². The summed E-state index contributed by atoms with van der Waals surface area (Å²) in [5.74, 6) is 8.10. The summed E-state index contributed by atoms with van der Waals surface area (Å²) in [4.78, 5) is 10.9. The van der Waals surface area contributed by atoms with Crippen LogP contribution in [0.4, 0.5) is 11.6 Å². The predicted octanol–water partition coefficient (Wildman–Crippen LogP) is 1.75. The maximum absolute atomic E-state index is 5.56. The fraction of sp³-hybridized carbons (Fsp3) is 0.714. The molecule has 6 nitrogen and oxygen atoms in total. The van der Waals surface area contributed by atoms with Gasteiger partial charge in [-0.15, -0.1) is 0 Å². The third kappa shape index (κ3) is 3.37. The van der Waals surface area contributed by atoms with Gasteiger partial charge in [0.25, 0.3) is 0 Å². The zero-order chi connectivity index (χ0) is 14.5. The van der Waals surface area contributed by atoms with Gasteiger partial charge in [0.1, 0.15) is 18.0 Å². The molecule has 1 aromatic heterocycles. The summed E-state index contributed by atoms with van der Waals surface area (Å²) in [5.41, 5.74) is 3.74. The Hall–Kier alpha value is -1.40. The van der Waals surface area contributed by atoms with Crippen molar-refractivity contribution in [3.63, 3.8) is 0 Å². The van der Waals surface area contributed by atoms with E-state index in [1.807, 2.05) is 0 Å². The van der Waals surface area contributed by atoms with Gasteiger partial charge < -0.3 is 15.1 Å². The Morgan fingerprint density at radius 2 is 2.30 bits per heavy atom. The minimum absolute atomic E-state index is 0.308. The lowest BCUT2D eigenvalue weighted by Gasteiger charge is -2.29. The van der Waals surface area contributed by atoms with Gasteiger partial charge in [0, 0.05) is 25.8 Å². The topological polar surface area (TPSA) is 76.3 Å². The molecule has 112 valence electrons. The fourth-order valence-corrected chi connectivity index (χ4v) is 2.76. The molecule has 0 bridgehead atoms. The summed E-state index contributed by atoms with van der Waals surface area (Å²) in [6, 6.07) is 0. The average molecular weight is 279 g/mol. The van der Waals surface area contributed by atoms with Crippen molar-refractivity contribution >= 4 is 11.6 Å². The van der Waals surface area contributed by atoms with Crippen LogP contribution in [-0.2, 0) is 4.74 Å². The van der Waals surface area contributed by atoms with E-state index < -0.39 is 0 Å². The third-order valence-corrected chi connectivity index (χ3v) is 3.73. The molecule has 1 unspecified atom stereocenters. The lowest BCUT2D eigenvalue weighted by molar-refractivity contribution is 0.0576. The van der Waals surface area contributed by atoms with E-state index in [0.717, 1.165) is 37.6 Å². The minimum atomic E-state index is 0.308. The summed E-state index contributed by atoms with van der Waals surface area (Å²) in [6.07, 6.45) is 3.92. The number of hydrogen-bond acceptors (Lipinski definition) is 6. The Bertz CT molecular complexity index is 432. The molecule has 2 rings (SSSR count). The van der Waals surface area contributed by atoms with Crippen LogP contribution in [0.25, 0.3) is 0 Å². The second-order valence-electron chi connectivity index (χ2n) is 5.72. The second kappa shape index (κ2) is 6.85. The van der Waals surface area contributed by atoms with E-state index in [2.05, 4.69) is 41.2 Å². The lowest BCUT2D eigenvalue weighted by Crippen LogP contribution is -2.32. The van der Waals surface area contributed by atoms with Crippen molar-refractivity contribution < 1.29 is 4.74 Å². The van der Waals surface area contributed by atoms with Crippen LogP contribution in [-0.4, -0.2) is 36.8 Å². The van der Waals surface area contributed by atoms with Crippen LogP contribution in [0.2, 0.25) is 0 Å². The highest BCUT2D eigenvalue weighted by atomic mass is 16.5. The molecule has 2 heterocycles. The zero-order valence-electron chi connectivity index (χ0n) is 12.6. The molecule has 3 N–H and O–H groups in total. The number of hydrogen-bond donors (Lipinski definition) is 2. The van der Waals surface area contributed by atoms with Gasteiger partial charge in [-0.1, -0.05) is 13.8 Å². The average Bonchev–Trinajstić information content (AvgIpc) is 2.47. The molecule has 1 aliphatic heterocycles. The standard InChI is InChI=1S/C14H25N5O/c1-10(2)12-13(18-15)16-9-17-14(12)19(3)7-11-5-4-6-20-8-11/h9-11H,4-8,15H2,1-3H3,(H,16,17,18). The second-order valence-corrected chi connectivity index (χ2v) is 5.72. The lowest BCUT2D eigenvalue weighted by atomic mass is 10.0. The molecule has 6 heteroatoms. The van der Waals surface area contributed by atoms with Gasteiger partial charge in [-0.2, -0.15) is 0 Å². The molecule has 20 heavy (non-hydrogen) atoms. The van der Waals surface area contributed by atoms with Crippen LogP contribution in [0.3, 0.4) is 0 Å². The van der Waals surface area contributed by atoms with Crippen molar-refractivity contribution in [2.75, 3.05) is 37.1 Å². The number of nitrogens with zero attached hydrogens (tertiary/aromatic N) is 3. The molecule has 1 aromatic rings. The molecule has 0 radical (unpaired) electrons. The summed E-state index contributed by atoms with van der Waals surface area (Å²) in [5, 5.41) is 0. The van der Waals surface area contributed by atoms with Gasteiger partial charge in [-0.05, 0) is 24.7 Å². The van der Waals surface area contributed by atoms with E-state index in [9.17, 15) is 0 Å². The number of nitrogens with two attached hydrogens (primary N) is 1. The molecule has 0 saturated carbocycles. The van der Waals surface area contributed by atoms with Crippen LogP contribution in [0, 0.1) is 5.92 Å². The Morgan fingerprint density at radius 3 is 2.90 bits per heavy atom. The Kier molecular flexibility index (Phi) is 5.14. The molecule has 1 fully saturated rings. The molecular formula is C14H25N5O. The highest BCUT2D eigenvalue weighted by Gasteiger charge is 2.21. The van der Waals surface area contributed by atoms with Crippen LogP contribution < -0.4 is 16.2 Å². The van der Waals surface area contributed by atoms with E-state index in [4.69, 9.17) is 10.6 Å². The third-order valence-electron chi connectivity index (χ3n) is 3.73. The van der Waals surface area contributed by atoms with Gasteiger partial charge in [0.15, 0.2) is 0 Å². The van der Waals surface area contributed by atoms with E-state index in [1.54, 1.807) is 6.33 Å². The first-order valence-corrected chi connectivity index (χ1v) is 7.23. The van der Waals surface area contributed by atoms with Crippen molar-refractivity contribution in [2.45, 2.75) is 32.6 Å². The highest BCUT2D eigenvalue weighted by Crippen LogP contribution is 2.30. The largest absolute Gasteiger partial charge is 0.381 e. The van der Waals surface area contributed by atoms with Crippen molar-refractivity contribution in [3.05, 3.63) is 11.9 Å². The molecule has 1 saturated heterocycles. The summed E-state index contributed by atoms with van der Waals surface area (Å²) in [7, 11) is 2.07. The summed E-state index contributed by atoms with van der Waals surface area (Å²) in [6.45, 7) is 6.93. The predicted molar refractivity (Wildman–Crippen MR) is 80.7 cm³/mol. The molecule has 1 atom stereocenters. The van der Waals surface area contributed by atoms with Gasteiger partial charge in [-0.25, -0.2) is 15.8 Å². The number of nitrogen functional groups attached to an aromatic ring is 1. The number of anilines is 2. The molecule has 0 aromatic carbocycles. The van der Waals surface area contributed by atoms with Crippen molar-refractivity contribution in [2.24, 2.45) is 11.8 Å².